The molecule has 0 fully saturated rings. The van der Waals surface area contributed by atoms with Crippen LogP contribution in [0.4, 0.5) is 0 Å². The molecule has 0 bridgehead atoms. The smallest absolute Gasteiger partial charge is 0.0721 e. The number of hydrogen-bond donors (Lipinski definition) is 2. The van der Waals surface area contributed by atoms with Gasteiger partial charge in [-0.05, 0) is 18.8 Å². The summed E-state index contributed by atoms with van der Waals surface area (Å²) >= 11 is 0. The van der Waals surface area contributed by atoms with Gasteiger partial charge in [0, 0.05) is 0 Å². The summed E-state index contributed by atoms with van der Waals surface area (Å²) in [7, 11) is 0. The second kappa shape index (κ2) is 7.10. The first-order valence-corrected chi connectivity index (χ1v) is 5.10. The molecule has 0 saturated carbocycles. The van der Waals surface area contributed by atoms with E-state index in [1.54, 1.807) is 0 Å². The van der Waals surface area contributed by atoms with Gasteiger partial charge in [0.05, 0.1) is 12.2 Å². The summed E-state index contributed by atoms with van der Waals surface area (Å²) in [5.41, 5.74) is 0. The minimum absolute atomic E-state index is 0.152. The highest BCUT2D eigenvalue weighted by Crippen LogP contribution is 2.16. The first-order chi connectivity index (χ1) is 6.11. The van der Waals surface area contributed by atoms with Gasteiger partial charge in [-0.2, -0.15) is 0 Å². The van der Waals surface area contributed by atoms with Gasteiger partial charge in [0.25, 0.3) is 0 Å². The van der Waals surface area contributed by atoms with Crippen LogP contribution in [0.3, 0.4) is 0 Å². The molecule has 0 heterocycles. The second-order valence-electron chi connectivity index (χ2n) is 3.73. The van der Waals surface area contributed by atoms with E-state index < -0.39 is 6.10 Å². The number of aliphatic hydroxyl groups excluding tert-OH is 2. The highest BCUT2D eigenvalue weighted by atomic mass is 16.3. The van der Waals surface area contributed by atoms with Gasteiger partial charge in [-0.25, -0.2) is 0 Å². The minimum Gasteiger partial charge on any atom is -0.393 e. The molecule has 2 N–H and O–H groups in total. The van der Waals surface area contributed by atoms with Crippen molar-refractivity contribution in [2.45, 2.75) is 51.7 Å². The van der Waals surface area contributed by atoms with E-state index in [-0.39, 0.29) is 12.0 Å². The molecule has 13 heavy (non-hydrogen) atoms. The topological polar surface area (TPSA) is 40.5 Å². The maximum atomic E-state index is 9.65. The molecule has 0 aliphatic heterocycles. The highest BCUT2D eigenvalue weighted by Gasteiger charge is 2.15. The van der Waals surface area contributed by atoms with Crippen molar-refractivity contribution in [2.75, 3.05) is 0 Å². The van der Waals surface area contributed by atoms with Crippen LogP contribution in [0.5, 0.6) is 0 Å². The molecule has 3 atom stereocenters. The molecule has 0 rings (SSSR count). The maximum Gasteiger partial charge on any atom is 0.0721 e. The maximum absolute atomic E-state index is 9.65. The molecule has 0 aliphatic rings. The van der Waals surface area contributed by atoms with Crippen molar-refractivity contribution in [2.24, 2.45) is 5.92 Å². The largest absolute Gasteiger partial charge is 0.393 e. The van der Waals surface area contributed by atoms with Crippen molar-refractivity contribution >= 4 is 0 Å². The molecule has 0 aliphatic carbocycles. The highest BCUT2D eigenvalue weighted by molar-refractivity contribution is 4.81. The number of rotatable bonds is 7. The number of unbranched alkanes of at least 4 members (excludes halogenated alkanes) is 1. The predicted molar refractivity (Wildman–Crippen MR) is 55.5 cm³/mol. The number of aliphatic hydroxyl groups is 2. The number of hydrogen-bond acceptors (Lipinski definition) is 2. The predicted octanol–water partition coefficient (Wildman–Crippen LogP) is 2.11. The van der Waals surface area contributed by atoms with E-state index in [0.29, 0.717) is 6.42 Å². The molecule has 2 heteroatoms. The van der Waals surface area contributed by atoms with E-state index in [9.17, 15) is 10.2 Å². The summed E-state index contributed by atoms with van der Waals surface area (Å²) < 4.78 is 0. The monoisotopic (exact) mass is 186 g/mol. The zero-order chi connectivity index (χ0) is 10.3. The Morgan fingerprint density at radius 1 is 1.38 bits per heavy atom. The fourth-order valence-electron chi connectivity index (χ4n) is 1.33. The molecule has 0 aromatic carbocycles. The SMILES string of the molecule is C=CC(O)CC(C)C(O)CCCC. The Morgan fingerprint density at radius 3 is 2.46 bits per heavy atom. The lowest BCUT2D eigenvalue weighted by Gasteiger charge is -2.19. The normalized spacial score (nSPS) is 17.8. The molecule has 0 amide bonds. The molecule has 3 unspecified atom stereocenters. The van der Waals surface area contributed by atoms with Crippen molar-refractivity contribution < 1.29 is 10.2 Å². The Labute approximate surface area is 81.3 Å². The fraction of sp³-hybridized carbons (Fsp3) is 0.818. The standard InChI is InChI=1S/C11H22O2/c1-4-6-7-11(13)9(3)8-10(12)5-2/h5,9-13H,2,4,6-8H2,1,3H3. The van der Waals surface area contributed by atoms with E-state index >= 15 is 0 Å². The van der Waals surface area contributed by atoms with Crippen LogP contribution < -0.4 is 0 Å². The summed E-state index contributed by atoms with van der Waals surface area (Å²) in [4.78, 5) is 0. The van der Waals surface area contributed by atoms with Gasteiger partial charge in [0.2, 0.25) is 0 Å². The molecule has 78 valence electrons. The average Bonchev–Trinajstić information content (AvgIpc) is 2.13. The van der Waals surface area contributed by atoms with Gasteiger partial charge in [0.15, 0.2) is 0 Å². The summed E-state index contributed by atoms with van der Waals surface area (Å²) in [6.45, 7) is 7.58. The Balaban J connectivity index is 3.67. The summed E-state index contributed by atoms with van der Waals surface area (Å²) in [6, 6.07) is 0. The molecular weight excluding hydrogens is 164 g/mol. The molecule has 0 aromatic rings. The zero-order valence-corrected chi connectivity index (χ0v) is 8.74. The molecule has 0 spiro atoms. The molecule has 0 radical (unpaired) electrons. The van der Waals surface area contributed by atoms with Crippen LogP contribution >= 0.6 is 0 Å². The lowest BCUT2D eigenvalue weighted by atomic mass is 9.94. The van der Waals surface area contributed by atoms with E-state index in [1.807, 2.05) is 6.92 Å². The van der Waals surface area contributed by atoms with Crippen molar-refractivity contribution in [3.8, 4) is 0 Å². The Hall–Kier alpha value is -0.340. The van der Waals surface area contributed by atoms with Gasteiger partial charge < -0.3 is 10.2 Å². The van der Waals surface area contributed by atoms with Gasteiger partial charge in [-0.3, -0.25) is 0 Å². The summed E-state index contributed by atoms with van der Waals surface area (Å²) in [5.74, 6) is 0.152. The van der Waals surface area contributed by atoms with Crippen LogP contribution in [-0.4, -0.2) is 22.4 Å². The van der Waals surface area contributed by atoms with Gasteiger partial charge in [-0.15, -0.1) is 6.58 Å². The van der Waals surface area contributed by atoms with Gasteiger partial charge in [-0.1, -0.05) is 32.8 Å². The van der Waals surface area contributed by atoms with Crippen LogP contribution in [0, 0.1) is 5.92 Å². The third-order valence-corrected chi connectivity index (χ3v) is 2.40. The lowest BCUT2D eigenvalue weighted by Crippen LogP contribution is -2.21. The average molecular weight is 186 g/mol. The summed E-state index contributed by atoms with van der Waals surface area (Å²) in [5, 5.41) is 18.9. The van der Waals surface area contributed by atoms with Crippen LogP contribution in [0.25, 0.3) is 0 Å². The fourth-order valence-corrected chi connectivity index (χ4v) is 1.33. The Bertz CT molecular complexity index is 134. The van der Waals surface area contributed by atoms with E-state index in [2.05, 4.69) is 13.5 Å². The molecular formula is C11H22O2. The summed E-state index contributed by atoms with van der Waals surface area (Å²) in [6.07, 6.45) is 4.35. The van der Waals surface area contributed by atoms with Crippen LogP contribution in [0.2, 0.25) is 0 Å². The van der Waals surface area contributed by atoms with E-state index in [4.69, 9.17) is 0 Å². The minimum atomic E-state index is -0.480. The van der Waals surface area contributed by atoms with Crippen LogP contribution in [0.15, 0.2) is 12.7 Å². The van der Waals surface area contributed by atoms with E-state index in [0.717, 1.165) is 19.3 Å². The lowest BCUT2D eigenvalue weighted by molar-refractivity contribution is 0.0756. The first kappa shape index (κ1) is 12.7. The zero-order valence-electron chi connectivity index (χ0n) is 8.74. The van der Waals surface area contributed by atoms with Gasteiger partial charge >= 0.3 is 0 Å². The molecule has 0 aromatic heterocycles. The molecule has 0 saturated heterocycles. The van der Waals surface area contributed by atoms with Crippen LogP contribution in [0.1, 0.15) is 39.5 Å². The van der Waals surface area contributed by atoms with Crippen molar-refractivity contribution in [1.29, 1.82) is 0 Å². The Morgan fingerprint density at radius 2 is 2.00 bits per heavy atom. The third-order valence-electron chi connectivity index (χ3n) is 2.40. The first-order valence-electron chi connectivity index (χ1n) is 5.10. The Kier molecular flexibility index (Phi) is 6.92. The second-order valence-corrected chi connectivity index (χ2v) is 3.73. The van der Waals surface area contributed by atoms with Crippen molar-refractivity contribution in [3.05, 3.63) is 12.7 Å². The molecule has 2 nitrogen and oxygen atoms in total. The quantitative estimate of drug-likeness (QED) is 0.598. The van der Waals surface area contributed by atoms with E-state index in [1.165, 1.54) is 6.08 Å². The van der Waals surface area contributed by atoms with Crippen molar-refractivity contribution in [3.63, 3.8) is 0 Å². The van der Waals surface area contributed by atoms with Crippen LogP contribution in [-0.2, 0) is 0 Å². The third kappa shape index (κ3) is 5.83. The van der Waals surface area contributed by atoms with Gasteiger partial charge in [0.1, 0.15) is 0 Å². The van der Waals surface area contributed by atoms with Crippen molar-refractivity contribution in [1.82, 2.24) is 0 Å².